The van der Waals surface area contributed by atoms with Crippen LogP contribution in [0.5, 0.6) is 11.5 Å². The van der Waals surface area contributed by atoms with Crippen LogP contribution in [0.25, 0.3) is 16.6 Å². The number of amides is 1. The molecule has 2 aromatic heterocycles. The summed E-state index contributed by atoms with van der Waals surface area (Å²) in [4.78, 5) is 30.0. The fraction of sp³-hybridized carbons (Fsp3) is 0.208. The van der Waals surface area contributed by atoms with Crippen LogP contribution < -0.4 is 10.3 Å². The maximum Gasteiger partial charge on any atom is 0.407 e. The fourth-order valence-corrected chi connectivity index (χ4v) is 4.18. The Bertz CT molecular complexity index is 1580. The summed E-state index contributed by atoms with van der Waals surface area (Å²) in [7, 11) is 0. The minimum Gasteiger partial charge on any atom is -0.465 e. The summed E-state index contributed by atoms with van der Waals surface area (Å²) in [6.45, 7) is 0.795. The molecule has 0 atom stereocenters. The lowest BCUT2D eigenvalue weighted by Gasteiger charge is -2.29. The molecule has 0 unspecified atom stereocenters. The van der Waals surface area contributed by atoms with Gasteiger partial charge in [0.1, 0.15) is 29.5 Å². The number of carboxylic acid groups (broad SMARTS) is 1. The van der Waals surface area contributed by atoms with Crippen LogP contribution in [0.3, 0.4) is 0 Å². The number of piperidine rings is 1. The first-order chi connectivity index (χ1) is 17.4. The van der Waals surface area contributed by atoms with Crippen molar-refractivity contribution in [1.82, 2.24) is 24.2 Å². The van der Waals surface area contributed by atoms with Gasteiger partial charge in [-0.3, -0.25) is 14.0 Å². The molecule has 5 rings (SSSR count). The van der Waals surface area contributed by atoms with Crippen molar-refractivity contribution in [1.29, 1.82) is 5.26 Å². The van der Waals surface area contributed by atoms with Crippen LogP contribution in [-0.4, -0.2) is 48.5 Å². The highest BCUT2D eigenvalue weighted by atomic mass is 19.1. The Morgan fingerprint density at radius 1 is 1.17 bits per heavy atom. The zero-order valence-corrected chi connectivity index (χ0v) is 18.6. The number of hydrogen-bond donors (Lipinski definition) is 1. The molecule has 36 heavy (non-hydrogen) atoms. The van der Waals surface area contributed by atoms with Crippen LogP contribution in [0, 0.1) is 23.0 Å². The highest BCUT2D eigenvalue weighted by molar-refractivity contribution is 5.79. The molecular weight excluding hydrogens is 474 g/mol. The van der Waals surface area contributed by atoms with E-state index in [9.17, 15) is 23.6 Å². The van der Waals surface area contributed by atoms with Crippen molar-refractivity contribution in [2.75, 3.05) is 13.1 Å². The molecule has 4 aromatic rings. The lowest BCUT2D eigenvalue weighted by molar-refractivity contribution is 0.124. The smallest absolute Gasteiger partial charge is 0.407 e. The van der Waals surface area contributed by atoms with E-state index in [1.807, 2.05) is 0 Å². The lowest BCUT2D eigenvalue weighted by atomic mass is 10.1. The second-order valence-corrected chi connectivity index (χ2v) is 8.23. The van der Waals surface area contributed by atoms with Gasteiger partial charge in [0, 0.05) is 19.3 Å². The molecule has 3 heterocycles. The van der Waals surface area contributed by atoms with Crippen LogP contribution >= 0.6 is 0 Å². The van der Waals surface area contributed by atoms with Gasteiger partial charge in [0.05, 0.1) is 28.8 Å². The van der Waals surface area contributed by atoms with E-state index in [0.717, 1.165) is 12.1 Å². The number of carbonyl (C=O) groups is 1. The second-order valence-electron chi connectivity index (χ2n) is 8.23. The SMILES string of the molecule is N#Cc1c(F)ccc(F)c1Oc1ccc2ncn(-c3cnn(C4CCN(C(=O)O)CC4)c3)c(=O)c2c1. The van der Waals surface area contributed by atoms with E-state index in [2.05, 4.69) is 10.1 Å². The van der Waals surface area contributed by atoms with Gasteiger partial charge in [-0.2, -0.15) is 10.4 Å². The van der Waals surface area contributed by atoms with E-state index >= 15 is 0 Å². The van der Waals surface area contributed by atoms with Gasteiger partial charge in [-0.15, -0.1) is 0 Å². The number of hydrogen-bond acceptors (Lipinski definition) is 6. The van der Waals surface area contributed by atoms with E-state index in [1.165, 1.54) is 40.2 Å². The minimum atomic E-state index is -0.948. The van der Waals surface area contributed by atoms with Crippen LogP contribution in [0.1, 0.15) is 24.4 Å². The first-order valence-corrected chi connectivity index (χ1v) is 11.0. The van der Waals surface area contributed by atoms with Gasteiger partial charge in [-0.25, -0.2) is 18.6 Å². The average molecular weight is 492 g/mol. The number of benzene rings is 2. The third-order valence-corrected chi connectivity index (χ3v) is 6.10. The van der Waals surface area contributed by atoms with E-state index in [0.29, 0.717) is 37.1 Å². The molecule has 10 nitrogen and oxygen atoms in total. The topological polar surface area (TPSA) is 126 Å². The summed E-state index contributed by atoms with van der Waals surface area (Å²) in [5, 5.41) is 22.8. The minimum absolute atomic E-state index is 0.00559. The molecule has 0 aliphatic carbocycles. The summed E-state index contributed by atoms with van der Waals surface area (Å²) < 4.78 is 36.6. The van der Waals surface area contributed by atoms with Crippen LogP contribution in [0.2, 0.25) is 0 Å². The molecule has 1 fully saturated rings. The van der Waals surface area contributed by atoms with Crippen molar-refractivity contribution < 1.29 is 23.4 Å². The monoisotopic (exact) mass is 492 g/mol. The zero-order chi connectivity index (χ0) is 25.4. The number of aromatic nitrogens is 4. The third-order valence-electron chi connectivity index (χ3n) is 6.10. The Morgan fingerprint density at radius 2 is 1.92 bits per heavy atom. The van der Waals surface area contributed by atoms with Gasteiger partial charge in [0.25, 0.3) is 5.56 Å². The van der Waals surface area contributed by atoms with Gasteiger partial charge >= 0.3 is 6.09 Å². The standard InChI is InChI=1S/C24H18F2N6O4/c25-19-2-3-20(26)22(18(19)10-27)36-16-1-4-21-17(9-16)23(33)31(13-28-21)15-11-29-32(12-15)14-5-7-30(8-6-14)24(34)35/h1-4,9,11-14H,5-8H2,(H,34,35). The zero-order valence-electron chi connectivity index (χ0n) is 18.6. The first-order valence-electron chi connectivity index (χ1n) is 11.0. The van der Waals surface area contributed by atoms with E-state index < -0.39 is 34.6 Å². The quantitative estimate of drug-likeness (QED) is 0.459. The molecule has 0 bridgehead atoms. The van der Waals surface area contributed by atoms with Gasteiger partial charge in [0.15, 0.2) is 11.6 Å². The van der Waals surface area contributed by atoms with Gasteiger partial charge in [-0.05, 0) is 43.2 Å². The van der Waals surface area contributed by atoms with E-state index in [-0.39, 0.29) is 17.2 Å². The summed E-state index contributed by atoms with van der Waals surface area (Å²) in [6.07, 6.45) is 4.81. The molecule has 1 aliphatic rings. The van der Waals surface area contributed by atoms with Crippen molar-refractivity contribution in [3.63, 3.8) is 0 Å². The summed E-state index contributed by atoms with van der Waals surface area (Å²) in [6, 6.07) is 7.54. The van der Waals surface area contributed by atoms with Gasteiger partial charge < -0.3 is 14.7 Å². The predicted molar refractivity (Wildman–Crippen MR) is 122 cm³/mol. The number of fused-ring (bicyclic) bond motifs is 1. The number of nitriles is 1. The van der Waals surface area contributed by atoms with Crippen molar-refractivity contribution in [2.45, 2.75) is 18.9 Å². The van der Waals surface area contributed by atoms with Crippen LogP contribution in [0.15, 0.2) is 53.8 Å². The molecule has 0 radical (unpaired) electrons. The molecule has 1 aliphatic heterocycles. The normalized spacial score (nSPS) is 14.1. The molecule has 0 saturated carbocycles. The maximum absolute atomic E-state index is 14.2. The summed E-state index contributed by atoms with van der Waals surface area (Å²) in [5.41, 5.74) is -0.201. The first kappa shape index (κ1) is 23.0. The number of halogens is 2. The Balaban J connectivity index is 1.45. The number of ether oxygens (including phenoxy) is 1. The van der Waals surface area contributed by atoms with E-state index in [4.69, 9.17) is 9.84 Å². The molecule has 182 valence electrons. The molecule has 1 amide bonds. The average Bonchev–Trinajstić information content (AvgIpc) is 3.37. The van der Waals surface area contributed by atoms with E-state index in [1.54, 1.807) is 16.9 Å². The Morgan fingerprint density at radius 3 is 2.64 bits per heavy atom. The maximum atomic E-state index is 14.2. The Kier molecular flexibility index (Phi) is 5.81. The van der Waals surface area contributed by atoms with Crippen molar-refractivity contribution >= 4 is 17.0 Å². The molecule has 1 saturated heterocycles. The van der Waals surface area contributed by atoms with Crippen molar-refractivity contribution in [3.05, 3.63) is 76.6 Å². The summed E-state index contributed by atoms with van der Waals surface area (Å²) >= 11 is 0. The Labute approximate surface area is 202 Å². The fourth-order valence-electron chi connectivity index (χ4n) is 4.18. The molecule has 1 N–H and O–H groups in total. The third kappa shape index (κ3) is 4.11. The lowest BCUT2D eigenvalue weighted by Crippen LogP contribution is -2.38. The number of nitrogens with zero attached hydrogens (tertiary/aromatic N) is 6. The predicted octanol–water partition coefficient (Wildman–Crippen LogP) is 3.84. The van der Waals surface area contributed by atoms with Crippen LogP contribution in [-0.2, 0) is 0 Å². The summed E-state index contributed by atoms with van der Waals surface area (Å²) in [5.74, 6) is -2.39. The van der Waals surface area contributed by atoms with Gasteiger partial charge in [0.2, 0.25) is 0 Å². The van der Waals surface area contributed by atoms with Crippen LogP contribution in [0.4, 0.5) is 13.6 Å². The van der Waals surface area contributed by atoms with Crippen molar-refractivity contribution in [3.8, 4) is 23.3 Å². The highest BCUT2D eigenvalue weighted by Gasteiger charge is 2.24. The highest BCUT2D eigenvalue weighted by Crippen LogP contribution is 2.31. The Hall–Kier alpha value is -4.79. The number of rotatable bonds is 4. The molecule has 0 spiro atoms. The number of likely N-dealkylation sites (tertiary alicyclic amines) is 1. The second kappa shape index (κ2) is 9.10. The molecular formula is C24H18F2N6O4. The van der Waals surface area contributed by atoms with Crippen molar-refractivity contribution in [2.24, 2.45) is 0 Å². The largest absolute Gasteiger partial charge is 0.465 e. The van der Waals surface area contributed by atoms with Gasteiger partial charge in [-0.1, -0.05) is 0 Å². The molecule has 12 heteroatoms. The molecule has 2 aromatic carbocycles.